The number of nitrogens with two attached hydrogens (primary N) is 1. The Morgan fingerprint density at radius 1 is 1.05 bits per heavy atom. The van der Waals surface area contributed by atoms with Crippen LogP contribution < -0.4 is 11.1 Å². The number of likely N-dealkylation sites (tertiary alicyclic amines) is 1. The van der Waals surface area contributed by atoms with Gasteiger partial charge < -0.3 is 16.0 Å². The van der Waals surface area contributed by atoms with Crippen LogP contribution in [0.5, 0.6) is 0 Å². The molecule has 0 unspecified atom stereocenters. The van der Waals surface area contributed by atoms with Crippen LogP contribution in [0, 0.1) is 6.92 Å². The predicted molar refractivity (Wildman–Crippen MR) is 90.7 cm³/mol. The van der Waals surface area contributed by atoms with E-state index in [1.54, 1.807) is 0 Å². The lowest BCUT2D eigenvalue weighted by Crippen LogP contribution is -2.45. The average molecular weight is 287 g/mol. The molecule has 1 aromatic carbocycles. The van der Waals surface area contributed by atoms with Gasteiger partial charge in [0.05, 0.1) is 11.4 Å². The fourth-order valence-corrected chi connectivity index (χ4v) is 3.87. The third-order valence-electron chi connectivity index (χ3n) is 5.19. The SMILES string of the molecule is Cc1ccc(N)c(NC2CCN(C3CCCCC3)CC2)c1. The van der Waals surface area contributed by atoms with E-state index in [0.717, 1.165) is 17.4 Å². The number of nitrogens with one attached hydrogen (secondary N) is 1. The van der Waals surface area contributed by atoms with Crippen molar-refractivity contribution in [3.05, 3.63) is 23.8 Å². The molecule has 0 spiro atoms. The van der Waals surface area contributed by atoms with Gasteiger partial charge in [0.25, 0.3) is 0 Å². The molecule has 3 nitrogen and oxygen atoms in total. The van der Waals surface area contributed by atoms with Crippen LogP contribution >= 0.6 is 0 Å². The van der Waals surface area contributed by atoms with Crippen LogP contribution in [-0.4, -0.2) is 30.1 Å². The highest BCUT2D eigenvalue weighted by atomic mass is 15.2. The molecule has 1 heterocycles. The van der Waals surface area contributed by atoms with E-state index in [9.17, 15) is 0 Å². The number of rotatable bonds is 3. The molecule has 3 rings (SSSR count). The number of hydrogen-bond donors (Lipinski definition) is 2. The van der Waals surface area contributed by atoms with Crippen LogP contribution in [0.25, 0.3) is 0 Å². The zero-order chi connectivity index (χ0) is 14.7. The molecule has 1 aliphatic heterocycles. The number of piperidine rings is 1. The molecule has 0 amide bonds. The van der Waals surface area contributed by atoms with Crippen molar-refractivity contribution in [2.24, 2.45) is 0 Å². The predicted octanol–water partition coefficient (Wildman–Crippen LogP) is 3.79. The summed E-state index contributed by atoms with van der Waals surface area (Å²) in [6.45, 7) is 4.61. The summed E-state index contributed by atoms with van der Waals surface area (Å²) >= 11 is 0. The van der Waals surface area contributed by atoms with E-state index in [4.69, 9.17) is 5.73 Å². The Kier molecular flexibility index (Phi) is 4.69. The first-order valence-electron chi connectivity index (χ1n) is 8.59. The number of nitrogen functional groups attached to an aromatic ring is 1. The zero-order valence-electron chi connectivity index (χ0n) is 13.3. The van der Waals surface area contributed by atoms with Crippen molar-refractivity contribution in [1.82, 2.24) is 4.90 Å². The fraction of sp³-hybridized carbons (Fsp3) is 0.667. The summed E-state index contributed by atoms with van der Waals surface area (Å²) in [5.41, 5.74) is 9.34. The minimum atomic E-state index is 0.578. The van der Waals surface area contributed by atoms with Gasteiger partial charge in [-0.25, -0.2) is 0 Å². The van der Waals surface area contributed by atoms with Crippen LogP contribution in [0.2, 0.25) is 0 Å². The molecule has 0 atom stereocenters. The van der Waals surface area contributed by atoms with E-state index in [1.165, 1.54) is 63.6 Å². The Hall–Kier alpha value is -1.22. The van der Waals surface area contributed by atoms with E-state index in [-0.39, 0.29) is 0 Å². The van der Waals surface area contributed by atoms with Gasteiger partial charge in [0.15, 0.2) is 0 Å². The molecule has 1 aliphatic carbocycles. The largest absolute Gasteiger partial charge is 0.397 e. The van der Waals surface area contributed by atoms with Crippen molar-refractivity contribution in [1.29, 1.82) is 0 Å². The van der Waals surface area contributed by atoms with Crippen molar-refractivity contribution in [3.8, 4) is 0 Å². The topological polar surface area (TPSA) is 41.3 Å². The second kappa shape index (κ2) is 6.69. The number of hydrogen-bond acceptors (Lipinski definition) is 3. The zero-order valence-corrected chi connectivity index (χ0v) is 13.3. The van der Waals surface area contributed by atoms with Crippen LogP contribution in [0.1, 0.15) is 50.5 Å². The Bertz CT molecular complexity index is 458. The van der Waals surface area contributed by atoms with Crippen LogP contribution in [-0.2, 0) is 0 Å². The molecular formula is C18H29N3. The lowest BCUT2D eigenvalue weighted by atomic mass is 9.92. The lowest BCUT2D eigenvalue weighted by Gasteiger charge is -2.39. The lowest BCUT2D eigenvalue weighted by molar-refractivity contribution is 0.126. The molecular weight excluding hydrogens is 258 g/mol. The fourth-order valence-electron chi connectivity index (χ4n) is 3.87. The second-order valence-corrected chi connectivity index (χ2v) is 6.84. The van der Waals surface area contributed by atoms with Crippen LogP contribution in [0.15, 0.2) is 18.2 Å². The molecule has 2 aliphatic rings. The van der Waals surface area contributed by atoms with Gasteiger partial charge in [-0.15, -0.1) is 0 Å². The Morgan fingerprint density at radius 3 is 2.48 bits per heavy atom. The Balaban J connectivity index is 1.52. The molecule has 3 heteroatoms. The van der Waals surface area contributed by atoms with E-state index in [1.807, 2.05) is 6.07 Å². The third-order valence-corrected chi connectivity index (χ3v) is 5.19. The van der Waals surface area contributed by atoms with Crippen LogP contribution in [0.3, 0.4) is 0 Å². The number of aryl methyl sites for hydroxylation is 1. The third kappa shape index (κ3) is 3.70. The molecule has 2 fully saturated rings. The first kappa shape index (κ1) is 14.7. The van der Waals surface area contributed by atoms with E-state index in [0.29, 0.717) is 6.04 Å². The summed E-state index contributed by atoms with van der Waals surface area (Å²) in [5.74, 6) is 0. The molecule has 1 saturated carbocycles. The van der Waals surface area contributed by atoms with Gasteiger partial charge in [0.2, 0.25) is 0 Å². The molecule has 116 valence electrons. The second-order valence-electron chi connectivity index (χ2n) is 6.84. The quantitative estimate of drug-likeness (QED) is 0.831. The van der Waals surface area contributed by atoms with Gasteiger partial charge >= 0.3 is 0 Å². The molecule has 1 aromatic rings. The Labute approximate surface area is 128 Å². The van der Waals surface area contributed by atoms with Crippen molar-refractivity contribution >= 4 is 11.4 Å². The van der Waals surface area contributed by atoms with Gasteiger partial charge in [0, 0.05) is 25.2 Å². The van der Waals surface area contributed by atoms with Crippen molar-refractivity contribution in [2.45, 2.75) is 64.0 Å². The first-order chi connectivity index (χ1) is 10.2. The van der Waals surface area contributed by atoms with Crippen molar-refractivity contribution in [3.63, 3.8) is 0 Å². The Morgan fingerprint density at radius 2 is 1.76 bits per heavy atom. The van der Waals surface area contributed by atoms with Crippen molar-refractivity contribution < 1.29 is 0 Å². The maximum atomic E-state index is 6.08. The smallest absolute Gasteiger partial charge is 0.0578 e. The van der Waals surface area contributed by atoms with Gasteiger partial charge in [0.1, 0.15) is 0 Å². The molecule has 0 radical (unpaired) electrons. The molecule has 0 aromatic heterocycles. The molecule has 1 saturated heterocycles. The average Bonchev–Trinajstić information content (AvgIpc) is 2.53. The van der Waals surface area contributed by atoms with E-state index >= 15 is 0 Å². The van der Waals surface area contributed by atoms with Gasteiger partial charge in [-0.2, -0.15) is 0 Å². The maximum absolute atomic E-state index is 6.08. The molecule has 3 N–H and O–H groups in total. The summed E-state index contributed by atoms with van der Waals surface area (Å²) in [4.78, 5) is 2.73. The minimum absolute atomic E-state index is 0.578. The van der Waals surface area contributed by atoms with Gasteiger partial charge in [-0.05, 0) is 50.3 Å². The molecule has 21 heavy (non-hydrogen) atoms. The van der Waals surface area contributed by atoms with E-state index < -0.39 is 0 Å². The highest BCUT2D eigenvalue weighted by Gasteiger charge is 2.26. The summed E-state index contributed by atoms with van der Waals surface area (Å²) in [7, 11) is 0. The summed E-state index contributed by atoms with van der Waals surface area (Å²) < 4.78 is 0. The number of benzene rings is 1. The number of anilines is 2. The minimum Gasteiger partial charge on any atom is -0.397 e. The monoisotopic (exact) mass is 287 g/mol. The maximum Gasteiger partial charge on any atom is 0.0578 e. The van der Waals surface area contributed by atoms with Crippen LogP contribution in [0.4, 0.5) is 11.4 Å². The number of nitrogens with zero attached hydrogens (tertiary/aromatic N) is 1. The van der Waals surface area contributed by atoms with Gasteiger partial charge in [-0.3, -0.25) is 0 Å². The normalized spacial score (nSPS) is 22.3. The summed E-state index contributed by atoms with van der Waals surface area (Å²) in [5, 5.41) is 3.66. The highest BCUT2D eigenvalue weighted by Crippen LogP contribution is 2.27. The first-order valence-corrected chi connectivity index (χ1v) is 8.59. The molecule has 0 bridgehead atoms. The van der Waals surface area contributed by atoms with Crippen molar-refractivity contribution in [2.75, 3.05) is 24.1 Å². The summed E-state index contributed by atoms with van der Waals surface area (Å²) in [6, 6.07) is 7.70. The van der Waals surface area contributed by atoms with E-state index in [2.05, 4.69) is 29.3 Å². The summed E-state index contributed by atoms with van der Waals surface area (Å²) in [6.07, 6.45) is 9.63. The van der Waals surface area contributed by atoms with Gasteiger partial charge in [-0.1, -0.05) is 25.3 Å². The highest BCUT2D eigenvalue weighted by molar-refractivity contribution is 5.67. The standard InChI is InChI=1S/C18H29N3/c1-14-7-8-17(19)18(13-14)20-15-9-11-21(12-10-15)16-5-3-2-4-6-16/h7-8,13,15-16,20H,2-6,9-12,19H2,1H3.